The highest BCUT2D eigenvalue weighted by atomic mass is 16.1. The zero-order chi connectivity index (χ0) is 15.1. The van der Waals surface area contributed by atoms with E-state index in [2.05, 4.69) is 10.6 Å². The second-order valence-electron chi connectivity index (χ2n) is 5.22. The summed E-state index contributed by atoms with van der Waals surface area (Å²) in [4.78, 5) is 11.9. The third-order valence-electron chi connectivity index (χ3n) is 3.68. The molecule has 1 saturated heterocycles. The van der Waals surface area contributed by atoms with E-state index in [4.69, 9.17) is 10.5 Å². The van der Waals surface area contributed by atoms with Crippen molar-refractivity contribution in [3.8, 4) is 12.1 Å². The molecule has 1 aliphatic rings. The highest BCUT2D eigenvalue weighted by Crippen LogP contribution is 2.16. The van der Waals surface area contributed by atoms with Crippen LogP contribution < -0.4 is 10.6 Å². The van der Waals surface area contributed by atoms with Crippen LogP contribution in [0.5, 0.6) is 0 Å². The van der Waals surface area contributed by atoms with Gasteiger partial charge in [0.1, 0.15) is 12.1 Å². The first kappa shape index (κ1) is 15.0. The van der Waals surface area contributed by atoms with Crippen LogP contribution >= 0.6 is 0 Å². The fourth-order valence-corrected chi connectivity index (χ4v) is 2.51. The maximum Gasteiger partial charge on any atom is 0.224 e. The predicted molar refractivity (Wildman–Crippen MR) is 79.4 cm³/mol. The van der Waals surface area contributed by atoms with Gasteiger partial charge in [0.2, 0.25) is 5.91 Å². The number of nitriles is 2. The molecule has 0 bridgehead atoms. The van der Waals surface area contributed by atoms with Crippen molar-refractivity contribution in [2.24, 2.45) is 0 Å². The maximum absolute atomic E-state index is 11.9. The zero-order valence-corrected chi connectivity index (χ0v) is 11.9. The lowest BCUT2D eigenvalue weighted by molar-refractivity contribution is -0.116. The molecular weight excluding hydrogens is 264 g/mol. The quantitative estimate of drug-likeness (QED) is 0.886. The lowest BCUT2D eigenvalue weighted by Crippen LogP contribution is -2.34. The van der Waals surface area contributed by atoms with Crippen LogP contribution in [-0.2, 0) is 4.79 Å². The first-order valence-corrected chi connectivity index (χ1v) is 7.20. The van der Waals surface area contributed by atoms with Gasteiger partial charge in [-0.2, -0.15) is 10.5 Å². The second kappa shape index (κ2) is 7.42. The molecule has 0 radical (unpaired) electrons. The minimum Gasteiger partial charge on any atom is -0.326 e. The number of carbonyl (C=O) groups is 1. The van der Waals surface area contributed by atoms with E-state index < -0.39 is 0 Å². The van der Waals surface area contributed by atoms with E-state index >= 15 is 0 Å². The summed E-state index contributed by atoms with van der Waals surface area (Å²) >= 11 is 0. The number of nitrogens with one attached hydrogen (secondary N) is 2. The van der Waals surface area contributed by atoms with Gasteiger partial charge in [0.25, 0.3) is 0 Å². The third kappa shape index (κ3) is 4.30. The van der Waals surface area contributed by atoms with Gasteiger partial charge in [0, 0.05) is 18.2 Å². The van der Waals surface area contributed by atoms with Crippen LogP contribution in [-0.4, -0.2) is 18.5 Å². The standard InChI is InChI=1S/C16H18N4O/c17-10-12-4-5-15(9-13(12)11-18)20-16(21)7-6-14-3-1-2-8-19-14/h4-5,9,14,19H,1-3,6-8H2,(H,20,21). The van der Waals surface area contributed by atoms with Crippen molar-refractivity contribution in [3.63, 3.8) is 0 Å². The molecule has 21 heavy (non-hydrogen) atoms. The molecule has 2 N–H and O–H groups in total. The average molecular weight is 282 g/mol. The van der Waals surface area contributed by atoms with Crippen molar-refractivity contribution in [1.82, 2.24) is 5.32 Å². The summed E-state index contributed by atoms with van der Waals surface area (Å²) in [6, 6.07) is 9.08. The van der Waals surface area contributed by atoms with E-state index in [1.54, 1.807) is 12.1 Å². The molecule has 1 fully saturated rings. The van der Waals surface area contributed by atoms with E-state index in [0.29, 0.717) is 23.7 Å². The van der Waals surface area contributed by atoms with Crippen molar-refractivity contribution in [1.29, 1.82) is 10.5 Å². The van der Waals surface area contributed by atoms with E-state index in [1.165, 1.54) is 18.9 Å². The van der Waals surface area contributed by atoms with Gasteiger partial charge in [-0.05, 0) is 44.0 Å². The predicted octanol–water partition coefficient (Wildman–Crippen LogP) is 2.29. The molecule has 0 spiro atoms. The second-order valence-corrected chi connectivity index (χ2v) is 5.22. The lowest BCUT2D eigenvalue weighted by Gasteiger charge is -2.23. The molecule has 1 unspecified atom stereocenters. The van der Waals surface area contributed by atoms with Crippen LogP contribution in [0, 0.1) is 22.7 Å². The molecule has 0 saturated carbocycles. The summed E-state index contributed by atoms with van der Waals surface area (Å²) in [5, 5.41) is 24.0. The summed E-state index contributed by atoms with van der Waals surface area (Å²) < 4.78 is 0. The Kier molecular flexibility index (Phi) is 5.31. The normalized spacial score (nSPS) is 17.5. The van der Waals surface area contributed by atoms with Crippen molar-refractivity contribution < 1.29 is 4.79 Å². The molecule has 5 nitrogen and oxygen atoms in total. The van der Waals surface area contributed by atoms with Crippen molar-refractivity contribution in [2.75, 3.05) is 11.9 Å². The monoisotopic (exact) mass is 282 g/mol. The molecule has 1 amide bonds. The van der Waals surface area contributed by atoms with Gasteiger partial charge in [0.05, 0.1) is 11.1 Å². The van der Waals surface area contributed by atoms with Gasteiger partial charge >= 0.3 is 0 Å². The van der Waals surface area contributed by atoms with Crippen LogP contribution in [0.3, 0.4) is 0 Å². The number of piperidine rings is 1. The van der Waals surface area contributed by atoms with Crippen LogP contribution in [0.15, 0.2) is 18.2 Å². The van der Waals surface area contributed by atoms with Crippen molar-refractivity contribution >= 4 is 11.6 Å². The Bertz CT molecular complexity index is 591. The molecule has 0 aliphatic carbocycles. The molecule has 5 heteroatoms. The molecular formula is C16H18N4O. The van der Waals surface area contributed by atoms with E-state index in [9.17, 15) is 4.79 Å². The Labute approximate surface area is 124 Å². The number of anilines is 1. The molecule has 1 aliphatic heterocycles. The number of rotatable bonds is 4. The highest BCUT2D eigenvalue weighted by molar-refractivity contribution is 5.91. The third-order valence-corrected chi connectivity index (χ3v) is 3.68. The minimum absolute atomic E-state index is 0.0593. The van der Waals surface area contributed by atoms with Gasteiger partial charge in [-0.15, -0.1) is 0 Å². The van der Waals surface area contributed by atoms with Gasteiger partial charge in [0.15, 0.2) is 0 Å². The van der Waals surface area contributed by atoms with Crippen LogP contribution in [0.1, 0.15) is 43.2 Å². The fourth-order valence-electron chi connectivity index (χ4n) is 2.51. The Morgan fingerprint density at radius 1 is 1.29 bits per heavy atom. The van der Waals surface area contributed by atoms with E-state index in [0.717, 1.165) is 19.4 Å². The largest absolute Gasteiger partial charge is 0.326 e. The summed E-state index contributed by atoms with van der Waals surface area (Å²) in [5.74, 6) is -0.0593. The van der Waals surface area contributed by atoms with E-state index in [-0.39, 0.29) is 11.5 Å². The average Bonchev–Trinajstić information content (AvgIpc) is 2.53. The number of nitrogens with zero attached hydrogens (tertiary/aromatic N) is 2. The Hall–Kier alpha value is -2.37. The summed E-state index contributed by atoms with van der Waals surface area (Å²) in [6.07, 6.45) is 4.85. The van der Waals surface area contributed by atoms with Crippen LogP contribution in [0.2, 0.25) is 0 Å². The number of carbonyl (C=O) groups excluding carboxylic acids is 1. The molecule has 108 valence electrons. The highest BCUT2D eigenvalue weighted by Gasteiger charge is 2.14. The van der Waals surface area contributed by atoms with Crippen molar-refractivity contribution in [3.05, 3.63) is 29.3 Å². The maximum atomic E-state index is 11.9. The minimum atomic E-state index is -0.0593. The Morgan fingerprint density at radius 2 is 2.10 bits per heavy atom. The van der Waals surface area contributed by atoms with Crippen molar-refractivity contribution in [2.45, 2.75) is 38.1 Å². The first-order chi connectivity index (χ1) is 10.2. The summed E-state index contributed by atoms with van der Waals surface area (Å²) in [6.45, 7) is 1.04. The Morgan fingerprint density at radius 3 is 2.76 bits per heavy atom. The van der Waals surface area contributed by atoms with Crippen LogP contribution in [0.25, 0.3) is 0 Å². The number of amides is 1. The van der Waals surface area contributed by atoms with Gasteiger partial charge in [-0.3, -0.25) is 4.79 Å². The lowest BCUT2D eigenvalue weighted by atomic mass is 10.0. The summed E-state index contributed by atoms with van der Waals surface area (Å²) in [7, 11) is 0. The summed E-state index contributed by atoms with van der Waals surface area (Å²) in [5.41, 5.74) is 1.17. The number of hydrogen-bond acceptors (Lipinski definition) is 4. The Balaban J connectivity index is 1.88. The SMILES string of the molecule is N#Cc1ccc(NC(=O)CCC2CCCCN2)cc1C#N. The topological polar surface area (TPSA) is 88.7 Å². The molecule has 1 aromatic carbocycles. The number of hydrogen-bond donors (Lipinski definition) is 2. The fraction of sp³-hybridized carbons (Fsp3) is 0.438. The molecule has 0 aromatic heterocycles. The van der Waals surface area contributed by atoms with Gasteiger partial charge in [-0.1, -0.05) is 6.42 Å². The zero-order valence-electron chi connectivity index (χ0n) is 11.9. The molecule has 2 rings (SSSR count). The van der Waals surface area contributed by atoms with Crippen LogP contribution in [0.4, 0.5) is 5.69 Å². The van der Waals surface area contributed by atoms with Gasteiger partial charge < -0.3 is 10.6 Å². The van der Waals surface area contributed by atoms with Gasteiger partial charge in [-0.25, -0.2) is 0 Å². The molecule has 1 heterocycles. The molecule has 1 atom stereocenters. The molecule has 1 aromatic rings. The smallest absolute Gasteiger partial charge is 0.224 e. The first-order valence-electron chi connectivity index (χ1n) is 7.20. The number of benzene rings is 1. The van der Waals surface area contributed by atoms with E-state index in [1.807, 2.05) is 12.1 Å².